The van der Waals surface area contributed by atoms with Crippen LogP contribution in [0.2, 0.25) is 0 Å². The molecule has 31 heavy (non-hydrogen) atoms. The van der Waals surface area contributed by atoms with E-state index in [4.69, 9.17) is 0 Å². The van der Waals surface area contributed by atoms with Crippen LogP contribution in [0.15, 0.2) is 0 Å². The minimum absolute atomic E-state index is 0.0438. The van der Waals surface area contributed by atoms with Gasteiger partial charge in [-0.05, 0) is 74.7 Å². The molecule has 1 aromatic rings. The highest BCUT2D eigenvalue weighted by Crippen LogP contribution is 2.37. The standard InChI is InChI=1S/C18H23I3N2O8/c1-7(28)17(30)23-16-14(20)11(10(29)2-8(3-24)4-25)13(19)12(15(16)21)18(31)22-9(5-26)6-27/h7-9,24-28H,2-6H2,1H3,(H,22,31)(H,23,30). The van der Waals surface area contributed by atoms with Gasteiger partial charge in [0.1, 0.15) is 6.10 Å². The first-order valence-electron chi connectivity index (χ1n) is 9.00. The van der Waals surface area contributed by atoms with Gasteiger partial charge in [0, 0.05) is 38.3 Å². The molecule has 13 heteroatoms. The van der Waals surface area contributed by atoms with Gasteiger partial charge in [-0.15, -0.1) is 0 Å². The van der Waals surface area contributed by atoms with E-state index in [9.17, 15) is 39.9 Å². The highest BCUT2D eigenvalue weighted by Gasteiger charge is 2.30. The van der Waals surface area contributed by atoms with Gasteiger partial charge in [0.05, 0.1) is 34.1 Å². The summed E-state index contributed by atoms with van der Waals surface area (Å²) in [4.78, 5) is 38.0. The fourth-order valence-electron chi connectivity index (χ4n) is 2.40. The molecule has 1 atom stereocenters. The Morgan fingerprint density at radius 1 is 0.871 bits per heavy atom. The lowest BCUT2D eigenvalue weighted by Crippen LogP contribution is -2.41. The molecule has 0 heterocycles. The minimum atomic E-state index is -1.34. The maximum absolute atomic E-state index is 13.0. The molecule has 1 rings (SSSR count). The van der Waals surface area contributed by atoms with Gasteiger partial charge in [-0.1, -0.05) is 0 Å². The lowest BCUT2D eigenvalue weighted by atomic mass is 9.97. The van der Waals surface area contributed by atoms with Crippen LogP contribution in [0.4, 0.5) is 5.69 Å². The normalized spacial score (nSPS) is 12.2. The summed E-state index contributed by atoms with van der Waals surface area (Å²) < 4.78 is 0.899. The molecule has 0 radical (unpaired) electrons. The Hall–Kier alpha value is -0.180. The maximum atomic E-state index is 13.0. The molecule has 0 aliphatic carbocycles. The SMILES string of the molecule is CC(O)C(=O)Nc1c(I)c(C(=O)CC(CO)CO)c(I)c(C(=O)NC(CO)CO)c1I. The molecule has 1 unspecified atom stereocenters. The molecule has 0 bridgehead atoms. The quantitative estimate of drug-likeness (QED) is 0.122. The molecule has 0 saturated heterocycles. The van der Waals surface area contributed by atoms with Crippen molar-refractivity contribution in [2.24, 2.45) is 5.92 Å². The molecule has 0 aliphatic heterocycles. The third-order valence-corrected chi connectivity index (χ3v) is 7.45. The number of halogens is 3. The fourth-order valence-corrected chi connectivity index (χ4v) is 6.93. The number of nitrogens with one attached hydrogen (secondary N) is 2. The molecular formula is C18H23I3N2O8. The smallest absolute Gasteiger partial charge is 0.253 e. The molecule has 174 valence electrons. The van der Waals surface area contributed by atoms with Gasteiger partial charge in [0.2, 0.25) is 0 Å². The Kier molecular flexibility index (Phi) is 12.6. The number of benzene rings is 1. The van der Waals surface area contributed by atoms with Crippen LogP contribution in [0.5, 0.6) is 0 Å². The fraction of sp³-hybridized carbons (Fsp3) is 0.500. The van der Waals surface area contributed by atoms with E-state index in [2.05, 4.69) is 10.6 Å². The molecule has 2 amide bonds. The summed E-state index contributed by atoms with van der Waals surface area (Å²) in [5, 5.41) is 51.7. The lowest BCUT2D eigenvalue weighted by molar-refractivity contribution is -0.123. The van der Waals surface area contributed by atoms with Crippen molar-refractivity contribution in [3.63, 3.8) is 0 Å². The predicted octanol–water partition coefficient (Wildman–Crippen LogP) is 0.0763. The minimum Gasteiger partial charge on any atom is -0.396 e. The monoisotopic (exact) mass is 776 g/mol. The summed E-state index contributed by atoms with van der Waals surface area (Å²) in [6.07, 6.45) is -1.54. The highest BCUT2D eigenvalue weighted by atomic mass is 127. The van der Waals surface area contributed by atoms with Crippen LogP contribution in [0.3, 0.4) is 0 Å². The van der Waals surface area contributed by atoms with Crippen LogP contribution >= 0.6 is 67.8 Å². The Balaban J connectivity index is 3.66. The maximum Gasteiger partial charge on any atom is 0.253 e. The first-order valence-corrected chi connectivity index (χ1v) is 12.2. The Morgan fingerprint density at radius 2 is 1.39 bits per heavy atom. The number of hydrogen-bond acceptors (Lipinski definition) is 8. The van der Waals surface area contributed by atoms with Gasteiger partial charge in [-0.3, -0.25) is 14.4 Å². The zero-order valence-corrected chi connectivity index (χ0v) is 22.8. The molecule has 0 spiro atoms. The van der Waals surface area contributed by atoms with Crippen molar-refractivity contribution < 1.29 is 39.9 Å². The second-order valence-corrected chi connectivity index (χ2v) is 9.86. The molecular weight excluding hydrogens is 753 g/mol. The second kappa shape index (κ2) is 13.5. The summed E-state index contributed by atoms with van der Waals surface area (Å²) in [6, 6.07) is -0.929. The predicted molar refractivity (Wildman–Crippen MR) is 137 cm³/mol. The Bertz CT molecular complexity index is 774. The average molecular weight is 776 g/mol. The Morgan fingerprint density at radius 3 is 1.84 bits per heavy atom. The number of amides is 2. The summed E-state index contributed by atoms with van der Waals surface area (Å²) in [5.41, 5.74) is 0.307. The van der Waals surface area contributed by atoms with E-state index in [0.717, 1.165) is 0 Å². The first-order chi connectivity index (χ1) is 14.5. The van der Waals surface area contributed by atoms with Gasteiger partial charge < -0.3 is 36.2 Å². The van der Waals surface area contributed by atoms with E-state index >= 15 is 0 Å². The summed E-state index contributed by atoms with van der Waals surface area (Å²) in [7, 11) is 0. The van der Waals surface area contributed by atoms with Crippen LogP contribution in [-0.2, 0) is 4.79 Å². The van der Waals surface area contributed by atoms with Gasteiger partial charge in [-0.25, -0.2) is 0 Å². The number of aliphatic hydroxyl groups is 5. The number of hydrogen-bond donors (Lipinski definition) is 7. The van der Waals surface area contributed by atoms with Crippen molar-refractivity contribution in [2.45, 2.75) is 25.5 Å². The van der Waals surface area contributed by atoms with Crippen molar-refractivity contribution in [1.82, 2.24) is 5.32 Å². The van der Waals surface area contributed by atoms with Crippen LogP contribution in [0.25, 0.3) is 0 Å². The van der Waals surface area contributed by atoms with Crippen molar-refractivity contribution in [3.05, 3.63) is 21.8 Å². The van der Waals surface area contributed by atoms with E-state index in [1.165, 1.54) is 6.92 Å². The molecule has 0 fully saturated rings. The van der Waals surface area contributed by atoms with Crippen LogP contribution in [-0.4, -0.2) is 81.7 Å². The van der Waals surface area contributed by atoms with Crippen molar-refractivity contribution in [1.29, 1.82) is 0 Å². The van der Waals surface area contributed by atoms with E-state index in [-0.39, 0.29) is 26.8 Å². The Labute approximate surface area is 219 Å². The number of aliphatic hydroxyl groups excluding tert-OH is 5. The molecule has 10 nitrogen and oxygen atoms in total. The zero-order chi connectivity index (χ0) is 23.9. The summed E-state index contributed by atoms with van der Waals surface area (Å²) in [6.45, 7) is -0.569. The van der Waals surface area contributed by atoms with Crippen molar-refractivity contribution in [2.75, 3.05) is 31.7 Å². The van der Waals surface area contributed by atoms with Gasteiger partial charge in [-0.2, -0.15) is 0 Å². The van der Waals surface area contributed by atoms with Crippen LogP contribution < -0.4 is 10.6 Å². The largest absolute Gasteiger partial charge is 0.396 e. The van der Waals surface area contributed by atoms with Gasteiger partial charge >= 0.3 is 0 Å². The topological polar surface area (TPSA) is 176 Å². The number of rotatable bonds is 11. The van der Waals surface area contributed by atoms with Gasteiger partial charge in [0.25, 0.3) is 11.8 Å². The van der Waals surface area contributed by atoms with E-state index in [1.54, 1.807) is 0 Å². The number of carbonyl (C=O) groups excluding carboxylic acids is 3. The van der Waals surface area contributed by atoms with E-state index in [0.29, 0.717) is 7.14 Å². The van der Waals surface area contributed by atoms with Crippen LogP contribution in [0, 0.1) is 16.6 Å². The van der Waals surface area contributed by atoms with E-state index in [1.807, 2.05) is 67.8 Å². The highest BCUT2D eigenvalue weighted by molar-refractivity contribution is 14.1. The molecule has 7 N–H and O–H groups in total. The number of carbonyl (C=O) groups is 3. The molecule has 0 aromatic heterocycles. The van der Waals surface area contributed by atoms with Crippen molar-refractivity contribution in [3.8, 4) is 0 Å². The third-order valence-electron chi connectivity index (χ3n) is 4.22. The molecule has 0 aliphatic rings. The molecule has 1 aromatic carbocycles. The number of ketones is 1. The third kappa shape index (κ3) is 7.41. The number of Topliss-reactive ketones (excluding diaryl/α,β-unsaturated/α-hetero) is 1. The number of anilines is 1. The summed E-state index contributed by atoms with van der Waals surface area (Å²) in [5.74, 6) is -2.57. The second-order valence-electron chi connectivity index (χ2n) is 6.63. The molecule has 0 saturated carbocycles. The van der Waals surface area contributed by atoms with Crippen LogP contribution in [0.1, 0.15) is 34.1 Å². The van der Waals surface area contributed by atoms with Gasteiger partial charge in [0.15, 0.2) is 5.78 Å². The van der Waals surface area contributed by atoms with E-state index < -0.39 is 62.1 Å². The lowest BCUT2D eigenvalue weighted by Gasteiger charge is -2.21. The zero-order valence-electron chi connectivity index (χ0n) is 16.4. The summed E-state index contributed by atoms with van der Waals surface area (Å²) >= 11 is 5.51. The average Bonchev–Trinajstić information content (AvgIpc) is 2.72. The van der Waals surface area contributed by atoms with Crippen molar-refractivity contribution >= 4 is 91.1 Å². The first kappa shape index (κ1) is 28.9.